The van der Waals surface area contributed by atoms with Gasteiger partial charge in [-0.05, 0) is 24.3 Å². The molecule has 1 amide bonds. The molecule has 1 heterocycles. The highest BCUT2D eigenvalue weighted by Crippen LogP contribution is 2.23. The van der Waals surface area contributed by atoms with Crippen LogP contribution in [0.2, 0.25) is 5.02 Å². The third kappa shape index (κ3) is 3.23. The summed E-state index contributed by atoms with van der Waals surface area (Å²) >= 11 is 6.81. The Labute approximate surface area is 126 Å². The van der Waals surface area contributed by atoms with Gasteiger partial charge in [0.05, 0.1) is 10.6 Å². The molecular weight excluding hydrogens is 320 g/mol. The van der Waals surface area contributed by atoms with Gasteiger partial charge in [-0.25, -0.2) is 0 Å². The Balaban J connectivity index is 2.35. The minimum atomic E-state index is -3.85. The van der Waals surface area contributed by atoms with E-state index in [2.05, 4.69) is 11.0 Å². The van der Waals surface area contributed by atoms with E-state index in [-0.39, 0.29) is 28.3 Å². The Morgan fingerprint density at radius 2 is 2.05 bits per heavy atom. The Bertz CT molecular complexity index is 668. The summed E-state index contributed by atoms with van der Waals surface area (Å²) in [7, 11) is -3.85. The highest BCUT2D eigenvalue weighted by atomic mass is 35.5. The first-order chi connectivity index (χ1) is 9.44. The van der Waals surface area contributed by atoms with Crippen LogP contribution in [0.25, 0.3) is 0 Å². The molecule has 2 rings (SSSR count). The largest absolute Gasteiger partial charge is 0.286 e. The van der Waals surface area contributed by atoms with E-state index in [9.17, 15) is 13.2 Å². The second-order valence-corrected chi connectivity index (χ2v) is 6.87. The van der Waals surface area contributed by atoms with Crippen LogP contribution in [0.3, 0.4) is 0 Å². The number of carbonyl (C=O) groups is 1. The van der Waals surface area contributed by atoms with Crippen LogP contribution in [-0.2, 0) is 14.8 Å². The van der Waals surface area contributed by atoms with Crippen molar-refractivity contribution in [3.8, 4) is 0 Å². The first-order valence-corrected chi connectivity index (χ1v) is 8.39. The molecule has 8 heteroatoms. The van der Waals surface area contributed by atoms with Gasteiger partial charge in [0.15, 0.2) is 5.17 Å². The number of hydrogen-bond acceptors (Lipinski definition) is 4. The zero-order valence-corrected chi connectivity index (χ0v) is 12.7. The van der Waals surface area contributed by atoms with Crippen LogP contribution in [0.5, 0.6) is 0 Å². The van der Waals surface area contributed by atoms with Crippen molar-refractivity contribution in [1.82, 2.24) is 4.90 Å². The molecular formula is C12H11ClN2O3S2. The normalized spacial score (nSPS) is 17.8. The van der Waals surface area contributed by atoms with E-state index in [1.54, 1.807) is 0 Å². The van der Waals surface area contributed by atoms with Crippen molar-refractivity contribution >= 4 is 44.5 Å². The summed E-state index contributed by atoms with van der Waals surface area (Å²) in [6, 6.07) is 5.70. The van der Waals surface area contributed by atoms with Crippen molar-refractivity contribution < 1.29 is 13.2 Å². The summed E-state index contributed by atoms with van der Waals surface area (Å²) < 4.78 is 28.0. The Morgan fingerprint density at radius 1 is 1.40 bits per heavy atom. The maximum atomic E-state index is 12.1. The smallest absolute Gasteiger partial charge is 0.284 e. The molecule has 5 nitrogen and oxygen atoms in total. The number of carbonyl (C=O) groups excluding carboxylic acids is 1. The molecule has 0 atom stereocenters. The van der Waals surface area contributed by atoms with E-state index < -0.39 is 10.0 Å². The number of benzene rings is 1. The second kappa shape index (κ2) is 5.99. The maximum absolute atomic E-state index is 12.1. The molecule has 1 aromatic rings. The molecule has 0 unspecified atom stereocenters. The molecule has 1 aliphatic heterocycles. The van der Waals surface area contributed by atoms with E-state index in [4.69, 9.17) is 11.6 Å². The molecule has 1 aliphatic rings. The van der Waals surface area contributed by atoms with Gasteiger partial charge in [0.2, 0.25) is 5.91 Å². The maximum Gasteiger partial charge on any atom is 0.284 e. The molecule has 0 saturated carbocycles. The summed E-state index contributed by atoms with van der Waals surface area (Å²) in [6.07, 6.45) is 1.52. The Kier molecular flexibility index (Phi) is 4.52. The van der Waals surface area contributed by atoms with E-state index in [0.717, 1.165) is 11.8 Å². The SMILES string of the molecule is C=CCN1C(=O)CS/C1=N/S(=O)(=O)c1ccc(Cl)cc1. The van der Waals surface area contributed by atoms with Crippen LogP contribution in [0.1, 0.15) is 0 Å². The fourth-order valence-corrected chi connectivity index (χ4v) is 3.80. The van der Waals surface area contributed by atoms with Crippen molar-refractivity contribution in [3.05, 3.63) is 41.9 Å². The van der Waals surface area contributed by atoms with Gasteiger partial charge in [0, 0.05) is 11.6 Å². The van der Waals surface area contributed by atoms with Crippen molar-refractivity contribution in [3.63, 3.8) is 0 Å². The third-order valence-corrected chi connectivity index (χ3v) is 5.09. The molecule has 106 valence electrons. The summed E-state index contributed by atoms with van der Waals surface area (Å²) in [6.45, 7) is 3.77. The van der Waals surface area contributed by atoms with Gasteiger partial charge in [-0.1, -0.05) is 29.4 Å². The van der Waals surface area contributed by atoms with E-state index >= 15 is 0 Å². The van der Waals surface area contributed by atoms with Gasteiger partial charge in [-0.15, -0.1) is 11.0 Å². The van der Waals surface area contributed by atoms with Gasteiger partial charge in [0.1, 0.15) is 0 Å². The summed E-state index contributed by atoms with van der Waals surface area (Å²) in [5.74, 6) is 0.00275. The number of sulfonamides is 1. The Morgan fingerprint density at radius 3 is 2.65 bits per heavy atom. The van der Waals surface area contributed by atoms with Crippen molar-refractivity contribution in [1.29, 1.82) is 0 Å². The van der Waals surface area contributed by atoms with Crippen molar-refractivity contribution in [2.24, 2.45) is 4.40 Å². The number of nitrogens with zero attached hydrogens (tertiary/aromatic N) is 2. The fourth-order valence-electron chi connectivity index (χ4n) is 1.54. The van der Waals surface area contributed by atoms with E-state index in [1.165, 1.54) is 35.2 Å². The number of hydrogen-bond donors (Lipinski definition) is 0. The van der Waals surface area contributed by atoms with Crippen LogP contribution in [0.15, 0.2) is 46.2 Å². The predicted octanol–water partition coefficient (Wildman–Crippen LogP) is 2.15. The lowest BCUT2D eigenvalue weighted by Gasteiger charge is -2.12. The highest BCUT2D eigenvalue weighted by Gasteiger charge is 2.29. The summed E-state index contributed by atoms with van der Waals surface area (Å²) in [4.78, 5) is 12.9. The third-order valence-electron chi connectivity index (χ3n) is 2.48. The zero-order chi connectivity index (χ0) is 14.8. The minimum Gasteiger partial charge on any atom is -0.286 e. The standard InChI is InChI=1S/C12H11ClN2O3S2/c1-2-7-15-11(16)8-19-12(15)14-20(17,18)10-5-3-9(13)4-6-10/h2-6H,1,7-8H2/b14-12+. The average Bonchev–Trinajstić information content (AvgIpc) is 2.72. The quantitative estimate of drug-likeness (QED) is 0.793. The molecule has 20 heavy (non-hydrogen) atoms. The number of amides is 1. The predicted molar refractivity (Wildman–Crippen MR) is 80.4 cm³/mol. The summed E-state index contributed by atoms with van der Waals surface area (Å²) in [5.41, 5.74) is 0. The number of thioether (sulfide) groups is 1. The van der Waals surface area contributed by atoms with E-state index in [1.807, 2.05) is 0 Å². The summed E-state index contributed by atoms with van der Waals surface area (Å²) in [5, 5.41) is 0.611. The number of amidine groups is 1. The zero-order valence-electron chi connectivity index (χ0n) is 10.3. The van der Waals surface area contributed by atoms with Crippen LogP contribution in [0, 0.1) is 0 Å². The van der Waals surface area contributed by atoms with Crippen molar-refractivity contribution in [2.75, 3.05) is 12.3 Å². The molecule has 0 radical (unpaired) electrons. The molecule has 0 spiro atoms. The van der Waals surface area contributed by atoms with Gasteiger partial charge < -0.3 is 0 Å². The van der Waals surface area contributed by atoms with Gasteiger partial charge in [-0.3, -0.25) is 9.69 Å². The van der Waals surface area contributed by atoms with Gasteiger partial charge >= 0.3 is 0 Å². The Hall–Kier alpha value is -1.31. The molecule has 0 aromatic heterocycles. The molecule has 0 bridgehead atoms. The first-order valence-electron chi connectivity index (χ1n) is 5.58. The molecule has 0 aliphatic carbocycles. The number of halogens is 1. The fraction of sp³-hybridized carbons (Fsp3) is 0.167. The molecule has 1 aromatic carbocycles. The lowest BCUT2D eigenvalue weighted by atomic mass is 10.4. The molecule has 1 saturated heterocycles. The molecule has 1 fully saturated rings. The lowest BCUT2D eigenvalue weighted by molar-refractivity contribution is -0.123. The second-order valence-electron chi connectivity index (χ2n) is 3.88. The first kappa shape index (κ1) is 15.1. The average molecular weight is 331 g/mol. The minimum absolute atomic E-state index is 0.0351. The molecule has 0 N–H and O–H groups in total. The monoisotopic (exact) mass is 330 g/mol. The van der Waals surface area contributed by atoms with Gasteiger partial charge in [0.25, 0.3) is 10.0 Å². The highest BCUT2D eigenvalue weighted by molar-refractivity contribution is 8.15. The topological polar surface area (TPSA) is 66.8 Å². The van der Waals surface area contributed by atoms with E-state index in [0.29, 0.717) is 5.02 Å². The van der Waals surface area contributed by atoms with Gasteiger partial charge in [-0.2, -0.15) is 8.42 Å². The van der Waals surface area contributed by atoms with Crippen LogP contribution >= 0.6 is 23.4 Å². The number of rotatable bonds is 4. The lowest BCUT2D eigenvalue weighted by Crippen LogP contribution is -2.30. The van der Waals surface area contributed by atoms with Crippen LogP contribution < -0.4 is 0 Å². The van der Waals surface area contributed by atoms with Crippen molar-refractivity contribution in [2.45, 2.75) is 4.90 Å². The van der Waals surface area contributed by atoms with Crippen LogP contribution in [-0.4, -0.2) is 36.7 Å². The van der Waals surface area contributed by atoms with Crippen LogP contribution in [0.4, 0.5) is 0 Å².